The number of thiophene rings is 1. The van der Waals surface area contributed by atoms with Crippen LogP contribution in [0, 0.1) is 6.92 Å². The van der Waals surface area contributed by atoms with Crippen molar-refractivity contribution in [2.75, 3.05) is 0 Å². The maximum atomic E-state index is 13.2. The summed E-state index contributed by atoms with van der Waals surface area (Å²) in [6.07, 6.45) is 2.04. The summed E-state index contributed by atoms with van der Waals surface area (Å²) in [6, 6.07) is 9.85. The number of carboxylic acid groups (broad SMARTS) is 1. The van der Waals surface area contributed by atoms with E-state index in [-0.39, 0.29) is 11.8 Å². The standard InChI is InChI=1S/C21H18N2O5S/c1-12-4-6-13(7-5-12)8-9-15(20(25)26)23-19(24)17-14(16-3-2-10-28-16)11-29-18(17)22-21(23)27/h2-7,10-11,15H,8-9H2,1H3,(H,22,27)(H,25,26). The lowest BCUT2D eigenvalue weighted by Gasteiger charge is -2.15. The highest BCUT2D eigenvalue weighted by Gasteiger charge is 2.26. The van der Waals surface area contributed by atoms with Crippen molar-refractivity contribution in [3.8, 4) is 11.3 Å². The second-order valence-corrected chi connectivity index (χ2v) is 7.69. The van der Waals surface area contributed by atoms with E-state index in [9.17, 15) is 19.5 Å². The van der Waals surface area contributed by atoms with Crippen molar-refractivity contribution in [2.45, 2.75) is 25.8 Å². The maximum Gasteiger partial charge on any atom is 0.330 e. The van der Waals surface area contributed by atoms with E-state index in [1.54, 1.807) is 17.5 Å². The molecule has 0 aliphatic rings. The summed E-state index contributed by atoms with van der Waals surface area (Å²) in [5.41, 5.74) is 1.22. The van der Waals surface area contributed by atoms with Crippen LogP contribution in [0.2, 0.25) is 0 Å². The van der Waals surface area contributed by atoms with Gasteiger partial charge in [0.1, 0.15) is 16.6 Å². The van der Waals surface area contributed by atoms with Gasteiger partial charge in [-0.05, 0) is 37.5 Å². The van der Waals surface area contributed by atoms with Crippen molar-refractivity contribution in [3.05, 3.63) is 80.0 Å². The molecule has 1 unspecified atom stereocenters. The molecule has 0 aliphatic carbocycles. The number of H-pyrrole nitrogens is 1. The van der Waals surface area contributed by atoms with Gasteiger partial charge < -0.3 is 9.52 Å². The molecule has 8 heteroatoms. The molecule has 4 rings (SSSR count). The lowest BCUT2D eigenvalue weighted by Crippen LogP contribution is -2.41. The molecule has 4 aromatic rings. The van der Waals surface area contributed by atoms with E-state index >= 15 is 0 Å². The number of fused-ring (bicyclic) bond motifs is 1. The topological polar surface area (TPSA) is 105 Å². The molecule has 0 aliphatic heterocycles. The third-order valence-electron chi connectivity index (χ3n) is 4.87. The summed E-state index contributed by atoms with van der Waals surface area (Å²) >= 11 is 1.20. The van der Waals surface area contributed by atoms with Crippen LogP contribution in [0.3, 0.4) is 0 Å². The molecule has 0 radical (unpaired) electrons. The van der Waals surface area contributed by atoms with E-state index in [0.717, 1.165) is 15.7 Å². The summed E-state index contributed by atoms with van der Waals surface area (Å²) in [5.74, 6) is -0.739. The van der Waals surface area contributed by atoms with Crippen LogP contribution in [0.1, 0.15) is 23.6 Å². The Kier molecular flexibility index (Phi) is 4.94. The first-order chi connectivity index (χ1) is 14.0. The predicted molar refractivity (Wildman–Crippen MR) is 111 cm³/mol. The van der Waals surface area contributed by atoms with Gasteiger partial charge in [-0.25, -0.2) is 14.2 Å². The van der Waals surface area contributed by atoms with Crippen LogP contribution in [0.5, 0.6) is 0 Å². The van der Waals surface area contributed by atoms with Crippen LogP contribution in [0.4, 0.5) is 0 Å². The minimum Gasteiger partial charge on any atom is -0.480 e. The molecule has 1 atom stereocenters. The molecule has 1 aromatic carbocycles. The molecule has 0 saturated heterocycles. The zero-order chi connectivity index (χ0) is 20.5. The number of hydrogen-bond acceptors (Lipinski definition) is 5. The number of carboxylic acids is 1. The molecule has 0 fully saturated rings. The molecule has 3 aromatic heterocycles. The Morgan fingerprint density at radius 1 is 1.24 bits per heavy atom. The van der Waals surface area contributed by atoms with Crippen molar-refractivity contribution in [2.24, 2.45) is 0 Å². The quantitative estimate of drug-likeness (QED) is 0.505. The van der Waals surface area contributed by atoms with Gasteiger partial charge in [-0.2, -0.15) is 0 Å². The minimum atomic E-state index is -1.28. The van der Waals surface area contributed by atoms with Crippen LogP contribution in [0.25, 0.3) is 21.5 Å². The molecule has 3 heterocycles. The molecule has 0 bridgehead atoms. The fraction of sp³-hybridized carbons (Fsp3) is 0.190. The fourth-order valence-electron chi connectivity index (χ4n) is 3.35. The van der Waals surface area contributed by atoms with E-state index < -0.39 is 23.3 Å². The van der Waals surface area contributed by atoms with E-state index in [2.05, 4.69) is 4.98 Å². The molecule has 0 saturated carbocycles. The Morgan fingerprint density at radius 2 is 2.00 bits per heavy atom. The summed E-state index contributed by atoms with van der Waals surface area (Å²) < 4.78 is 6.19. The predicted octanol–water partition coefficient (Wildman–Crippen LogP) is 3.58. The highest BCUT2D eigenvalue weighted by molar-refractivity contribution is 7.17. The molecule has 7 nitrogen and oxygen atoms in total. The number of carbonyl (C=O) groups is 1. The first kappa shape index (κ1) is 18.9. The van der Waals surface area contributed by atoms with E-state index in [1.807, 2.05) is 31.2 Å². The zero-order valence-corrected chi connectivity index (χ0v) is 16.4. The average molecular weight is 410 g/mol. The maximum absolute atomic E-state index is 13.2. The van der Waals surface area contributed by atoms with Gasteiger partial charge >= 0.3 is 11.7 Å². The third kappa shape index (κ3) is 3.54. The van der Waals surface area contributed by atoms with Gasteiger partial charge in [0.25, 0.3) is 5.56 Å². The second kappa shape index (κ2) is 7.56. The molecule has 2 N–H and O–H groups in total. The highest BCUT2D eigenvalue weighted by atomic mass is 32.1. The Balaban J connectivity index is 1.78. The van der Waals surface area contributed by atoms with Gasteiger partial charge in [0.15, 0.2) is 0 Å². The Labute approximate surface area is 168 Å². The van der Waals surface area contributed by atoms with Crippen molar-refractivity contribution in [1.82, 2.24) is 9.55 Å². The van der Waals surface area contributed by atoms with Gasteiger partial charge in [-0.1, -0.05) is 29.8 Å². The fourth-order valence-corrected chi connectivity index (χ4v) is 4.28. The van der Waals surface area contributed by atoms with Crippen molar-refractivity contribution in [1.29, 1.82) is 0 Å². The SMILES string of the molecule is Cc1ccc(CCC(C(=O)O)n2c(=O)[nH]c3scc(-c4ccco4)c3c2=O)cc1. The Bertz CT molecular complexity index is 1280. The van der Waals surface area contributed by atoms with Gasteiger partial charge in [-0.3, -0.25) is 9.78 Å². The first-order valence-electron chi connectivity index (χ1n) is 9.04. The van der Waals surface area contributed by atoms with Crippen molar-refractivity contribution in [3.63, 3.8) is 0 Å². The zero-order valence-electron chi connectivity index (χ0n) is 15.5. The number of rotatable bonds is 6. The number of nitrogens with zero attached hydrogens (tertiary/aromatic N) is 1. The lowest BCUT2D eigenvalue weighted by atomic mass is 10.0. The van der Waals surface area contributed by atoms with Crippen molar-refractivity contribution < 1.29 is 14.3 Å². The number of nitrogens with one attached hydrogen (secondary N) is 1. The van der Waals surface area contributed by atoms with Crippen LogP contribution in [0.15, 0.2) is 62.0 Å². The van der Waals surface area contributed by atoms with Crippen LogP contribution < -0.4 is 11.2 Å². The summed E-state index contributed by atoms with van der Waals surface area (Å²) in [7, 11) is 0. The largest absolute Gasteiger partial charge is 0.480 e. The lowest BCUT2D eigenvalue weighted by molar-refractivity contribution is -0.141. The Hall–Kier alpha value is -3.39. The van der Waals surface area contributed by atoms with Crippen LogP contribution in [-0.2, 0) is 11.2 Å². The summed E-state index contributed by atoms with van der Waals surface area (Å²) in [5, 5.41) is 11.7. The van der Waals surface area contributed by atoms with Crippen LogP contribution in [-0.4, -0.2) is 20.6 Å². The van der Waals surface area contributed by atoms with E-state index in [1.165, 1.54) is 17.6 Å². The third-order valence-corrected chi connectivity index (χ3v) is 5.77. The number of furan rings is 1. The molecule has 29 heavy (non-hydrogen) atoms. The number of aromatic amines is 1. The molecular formula is C21H18N2O5S. The highest BCUT2D eigenvalue weighted by Crippen LogP contribution is 2.30. The van der Waals surface area contributed by atoms with E-state index in [0.29, 0.717) is 22.6 Å². The average Bonchev–Trinajstić information content (AvgIpc) is 3.34. The van der Waals surface area contributed by atoms with Gasteiger partial charge in [-0.15, -0.1) is 11.3 Å². The van der Waals surface area contributed by atoms with Gasteiger partial charge in [0.05, 0.1) is 11.6 Å². The number of benzene rings is 1. The molecule has 0 spiro atoms. The number of aryl methyl sites for hydroxylation is 2. The Morgan fingerprint density at radius 3 is 2.66 bits per heavy atom. The normalized spacial score (nSPS) is 12.3. The first-order valence-corrected chi connectivity index (χ1v) is 9.92. The van der Waals surface area contributed by atoms with Crippen molar-refractivity contribution >= 4 is 27.5 Å². The van der Waals surface area contributed by atoms with E-state index in [4.69, 9.17) is 4.42 Å². The van der Waals surface area contributed by atoms with Gasteiger partial charge in [0, 0.05) is 10.9 Å². The number of aromatic nitrogens is 2. The number of aliphatic carboxylic acids is 1. The summed E-state index contributed by atoms with van der Waals surface area (Å²) in [6.45, 7) is 1.97. The van der Waals surface area contributed by atoms with Crippen LogP contribution >= 0.6 is 11.3 Å². The number of hydrogen-bond donors (Lipinski definition) is 2. The second-order valence-electron chi connectivity index (χ2n) is 6.81. The smallest absolute Gasteiger partial charge is 0.330 e. The van der Waals surface area contributed by atoms with Gasteiger partial charge in [0.2, 0.25) is 0 Å². The molecule has 0 amide bonds. The molecule has 148 valence electrons. The molecular weight excluding hydrogens is 392 g/mol. The monoisotopic (exact) mass is 410 g/mol. The minimum absolute atomic E-state index is 0.118. The summed E-state index contributed by atoms with van der Waals surface area (Å²) in [4.78, 5) is 40.7.